The highest BCUT2D eigenvalue weighted by Gasteiger charge is 2.25. The Balaban J connectivity index is 1.49. The van der Waals surface area contributed by atoms with Crippen LogP contribution in [0.3, 0.4) is 0 Å². The number of thiazole rings is 1. The summed E-state index contributed by atoms with van der Waals surface area (Å²) in [5.74, 6) is -0.599. The first kappa shape index (κ1) is 19.3. The number of ether oxygens (including phenoxy) is 2. The quantitative estimate of drug-likeness (QED) is 0.613. The molecule has 1 aliphatic carbocycles. The average Bonchev–Trinajstić information content (AvgIpc) is 3.38. The molecule has 1 fully saturated rings. The van der Waals surface area contributed by atoms with E-state index in [1.54, 1.807) is 23.6 Å². The van der Waals surface area contributed by atoms with Crippen molar-refractivity contribution in [2.24, 2.45) is 0 Å². The third-order valence-electron chi connectivity index (χ3n) is 4.46. The van der Waals surface area contributed by atoms with E-state index >= 15 is 0 Å². The number of aromatic nitrogens is 1. The highest BCUT2D eigenvalue weighted by molar-refractivity contribution is 7.13. The van der Waals surface area contributed by atoms with Crippen LogP contribution in [0.1, 0.15) is 28.9 Å². The van der Waals surface area contributed by atoms with E-state index < -0.39 is 11.6 Å². The van der Waals surface area contributed by atoms with Crippen molar-refractivity contribution in [3.63, 3.8) is 0 Å². The standard InChI is InChI=1S/C21H18F2N2O3S/c1-27-19-8-12(21-25-17(11-29-21)20(26)24-15-5-6-15)3-7-18(19)28-10-13-2-4-14(22)9-16(13)23/h2-4,7-9,11,15H,5-6,10H2,1H3,(H,24,26). The first-order chi connectivity index (χ1) is 14.0. The molecule has 1 amide bonds. The van der Waals surface area contributed by atoms with Gasteiger partial charge in [0, 0.05) is 28.6 Å². The van der Waals surface area contributed by atoms with Crippen molar-refractivity contribution in [1.29, 1.82) is 0 Å². The van der Waals surface area contributed by atoms with Crippen LogP contribution in [-0.2, 0) is 6.61 Å². The van der Waals surface area contributed by atoms with Gasteiger partial charge in [0.2, 0.25) is 0 Å². The highest BCUT2D eigenvalue weighted by Crippen LogP contribution is 2.34. The summed E-state index contributed by atoms with van der Waals surface area (Å²) in [4.78, 5) is 16.5. The fourth-order valence-electron chi connectivity index (χ4n) is 2.71. The Hall–Kier alpha value is -3.00. The second-order valence-corrected chi connectivity index (χ2v) is 7.53. The summed E-state index contributed by atoms with van der Waals surface area (Å²) >= 11 is 1.36. The Kier molecular flexibility index (Phi) is 5.44. The maximum atomic E-state index is 13.8. The van der Waals surface area contributed by atoms with Gasteiger partial charge in [0.25, 0.3) is 5.91 Å². The van der Waals surface area contributed by atoms with E-state index in [-0.39, 0.29) is 24.1 Å². The lowest BCUT2D eigenvalue weighted by atomic mass is 10.2. The summed E-state index contributed by atoms with van der Waals surface area (Å²) in [7, 11) is 1.50. The monoisotopic (exact) mass is 416 g/mol. The molecule has 0 bridgehead atoms. The van der Waals surface area contributed by atoms with Crippen LogP contribution in [0, 0.1) is 11.6 Å². The van der Waals surface area contributed by atoms with Crippen LogP contribution in [0.5, 0.6) is 11.5 Å². The minimum absolute atomic E-state index is 0.0649. The van der Waals surface area contributed by atoms with Gasteiger partial charge in [-0.3, -0.25) is 4.79 Å². The average molecular weight is 416 g/mol. The lowest BCUT2D eigenvalue weighted by molar-refractivity contribution is 0.0947. The molecule has 1 saturated carbocycles. The Morgan fingerprint density at radius 1 is 1.21 bits per heavy atom. The van der Waals surface area contributed by atoms with E-state index in [4.69, 9.17) is 9.47 Å². The zero-order valence-electron chi connectivity index (χ0n) is 15.6. The topological polar surface area (TPSA) is 60.5 Å². The van der Waals surface area contributed by atoms with Gasteiger partial charge >= 0.3 is 0 Å². The van der Waals surface area contributed by atoms with Gasteiger partial charge in [-0.2, -0.15) is 0 Å². The number of nitrogens with zero attached hydrogens (tertiary/aromatic N) is 1. The minimum Gasteiger partial charge on any atom is -0.493 e. The lowest BCUT2D eigenvalue weighted by Crippen LogP contribution is -2.25. The zero-order chi connectivity index (χ0) is 20.4. The van der Waals surface area contributed by atoms with Gasteiger partial charge in [-0.05, 0) is 43.2 Å². The largest absolute Gasteiger partial charge is 0.493 e. The van der Waals surface area contributed by atoms with E-state index in [0.717, 1.165) is 24.5 Å². The number of methoxy groups -OCH3 is 1. The van der Waals surface area contributed by atoms with Crippen molar-refractivity contribution in [3.05, 3.63) is 64.7 Å². The van der Waals surface area contributed by atoms with Crippen LogP contribution in [0.15, 0.2) is 41.8 Å². The molecule has 0 atom stereocenters. The van der Waals surface area contributed by atoms with E-state index in [1.807, 2.05) is 0 Å². The number of hydrogen-bond donors (Lipinski definition) is 1. The predicted octanol–water partition coefficient (Wildman–Crippen LogP) is 4.57. The molecule has 8 heteroatoms. The fourth-order valence-corrected chi connectivity index (χ4v) is 3.51. The molecule has 1 N–H and O–H groups in total. The predicted molar refractivity (Wildman–Crippen MR) is 105 cm³/mol. The van der Waals surface area contributed by atoms with Crippen molar-refractivity contribution < 1.29 is 23.0 Å². The fraction of sp³-hybridized carbons (Fsp3) is 0.238. The van der Waals surface area contributed by atoms with Gasteiger partial charge in [-0.15, -0.1) is 11.3 Å². The van der Waals surface area contributed by atoms with E-state index in [2.05, 4.69) is 10.3 Å². The number of amides is 1. The van der Waals surface area contributed by atoms with E-state index in [0.29, 0.717) is 22.2 Å². The lowest BCUT2D eigenvalue weighted by Gasteiger charge is -2.12. The van der Waals surface area contributed by atoms with Gasteiger partial charge < -0.3 is 14.8 Å². The van der Waals surface area contributed by atoms with E-state index in [9.17, 15) is 13.6 Å². The first-order valence-electron chi connectivity index (χ1n) is 9.05. The van der Waals surface area contributed by atoms with Crippen molar-refractivity contribution in [3.8, 4) is 22.1 Å². The molecule has 150 valence electrons. The molecule has 5 nitrogen and oxygen atoms in total. The molecule has 2 aromatic carbocycles. The second kappa shape index (κ2) is 8.16. The summed E-state index contributed by atoms with van der Waals surface area (Å²) in [6.07, 6.45) is 2.03. The molecular formula is C21H18F2N2O3S. The van der Waals surface area contributed by atoms with Gasteiger partial charge in [0.15, 0.2) is 11.5 Å². The molecule has 29 heavy (non-hydrogen) atoms. The molecule has 0 aliphatic heterocycles. The van der Waals surface area contributed by atoms with Crippen LogP contribution >= 0.6 is 11.3 Å². The number of nitrogens with one attached hydrogen (secondary N) is 1. The summed E-state index contributed by atoms with van der Waals surface area (Å²) < 4.78 is 37.8. The van der Waals surface area contributed by atoms with Crippen LogP contribution in [-0.4, -0.2) is 24.0 Å². The third kappa shape index (κ3) is 4.54. The SMILES string of the molecule is COc1cc(-c2nc(C(=O)NC3CC3)cs2)ccc1OCc1ccc(F)cc1F. The highest BCUT2D eigenvalue weighted by atomic mass is 32.1. The number of carbonyl (C=O) groups excluding carboxylic acids is 1. The molecule has 0 unspecified atom stereocenters. The molecule has 1 aliphatic rings. The molecule has 0 radical (unpaired) electrons. The van der Waals surface area contributed by atoms with Gasteiger partial charge in [0.05, 0.1) is 7.11 Å². The van der Waals surface area contributed by atoms with Crippen molar-refractivity contribution >= 4 is 17.2 Å². The summed E-state index contributed by atoms with van der Waals surface area (Å²) in [5, 5.41) is 5.32. The normalized spacial score (nSPS) is 13.2. The maximum Gasteiger partial charge on any atom is 0.270 e. The van der Waals surface area contributed by atoms with Gasteiger partial charge in [-0.25, -0.2) is 13.8 Å². The van der Waals surface area contributed by atoms with E-state index in [1.165, 1.54) is 30.6 Å². The zero-order valence-corrected chi connectivity index (χ0v) is 16.4. The Morgan fingerprint density at radius 2 is 2.03 bits per heavy atom. The summed E-state index contributed by atoms with van der Waals surface area (Å²) in [6, 6.07) is 8.85. The molecule has 0 saturated heterocycles. The minimum atomic E-state index is -0.666. The van der Waals surface area contributed by atoms with Gasteiger partial charge in [0.1, 0.15) is 28.9 Å². The van der Waals surface area contributed by atoms with Crippen LogP contribution in [0.4, 0.5) is 8.78 Å². The van der Waals surface area contributed by atoms with Crippen molar-refractivity contribution in [2.75, 3.05) is 7.11 Å². The van der Waals surface area contributed by atoms with Crippen LogP contribution in [0.25, 0.3) is 10.6 Å². The third-order valence-corrected chi connectivity index (χ3v) is 5.35. The van der Waals surface area contributed by atoms with Crippen molar-refractivity contribution in [2.45, 2.75) is 25.5 Å². The maximum absolute atomic E-state index is 13.8. The molecule has 0 spiro atoms. The summed E-state index contributed by atoms with van der Waals surface area (Å²) in [6.45, 7) is -0.0649. The van der Waals surface area contributed by atoms with Crippen molar-refractivity contribution in [1.82, 2.24) is 10.3 Å². The molecule has 3 aromatic rings. The number of hydrogen-bond acceptors (Lipinski definition) is 5. The molecule has 1 aromatic heterocycles. The number of benzene rings is 2. The second-order valence-electron chi connectivity index (χ2n) is 6.68. The summed E-state index contributed by atoms with van der Waals surface area (Å²) in [5.41, 5.74) is 1.41. The smallest absolute Gasteiger partial charge is 0.270 e. The number of rotatable bonds is 7. The Bertz CT molecular complexity index is 1050. The molecular weight excluding hydrogens is 398 g/mol. The van der Waals surface area contributed by atoms with Gasteiger partial charge in [-0.1, -0.05) is 0 Å². The van der Waals surface area contributed by atoms with Crippen LogP contribution in [0.2, 0.25) is 0 Å². The Labute approximate surface area is 170 Å². The first-order valence-corrected chi connectivity index (χ1v) is 9.93. The van der Waals surface area contributed by atoms with Crippen LogP contribution < -0.4 is 14.8 Å². The molecule has 1 heterocycles. The Morgan fingerprint density at radius 3 is 2.76 bits per heavy atom. The number of halogens is 2. The molecule has 4 rings (SSSR count). The number of carbonyl (C=O) groups is 1.